The van der Waals surface area contributed by atoms with Crippen molar-refractivity contribution in [1.29, 1.82) is 0 Å². The maximum atomic E-state index is 12.4. The third-order valence-corrected chi connectivity index (χ3v) is 5.77. The number of unbranched alkanes of at least 4 members (excludes halogenated alkanes) is 1. The Hall–Kier alpha value is -3.55. The number of nitrogens with one attached hydrogen (secondary N) is 3. The van der Waals surface area contributed by atoms with Crippen LogP contribution in [0.2, 0.25) is 0 Å². The van der Waals surface area contributed by atoms with Crippen molar-refractivity contribution in [3.8, 4) is 0 Å². The van der Waals surface area contributed by atoms with Crippen LogP contribution in [-0.4, -0.2) is 129 Å². The van der Waals surface area contributed by atoms with Crippen molar-refractivity contribution in [3.63, 3.8) is 0 Å². The van der Waals surface area contributed by atoms with Gasteiger partial charge >= 0.3 is 11.9 Å². The number of carbonyl (C=O) groups excluding carboxylic acids is 5. The molecule has 0 saturated carbocycles. The normalized spacial score (nSPS) is 16.1. The Kier molecular flexibility index (Phi) is 17.8. The van der Waals surface area contributed by atoms with Gasteiger partial charge in [-0.25, -0.2) is 9.59 Å². The molecule has 18 nitrogen and oxygen atoms in total. The molecule has 18 heteroatoms. The maximum absolute atomic E-state index is 12.4. The number of nitrogens with two attached hydrogens (primary N) is 2. The van der Waals surface area contributed by atoms with Crippen LogP contribution in [0.5, 0.6) is 0 Å². The minimum Gasteiger partial charge on any atom is -0.480 e. The van der Waals surface area contributed by atoms with Gasteiger partial charge in [0.25, 0.3) is 5.91 Å². The van der Waals surface area contributed by atoms with Gasteiger partial charge in [0.15, 0.2) is 18.0 Å². The van der Waals surface area contributed by atoms with Crippen molar-refractivity contribution in [2.45, 2.75) is 75.0 Å². The molecule has 0 fully saturated rings. The lowest BCUT2D eigenvalue weighted by atomic mass is 9.90. The van der Waals surface area contributed by atoms with Crippen molar-refractivity contribution in [1.82, 2.24) is 16.0 Å². The molecule has 7 atom stereocenters. The van der Waals surface area contributed by atoms with E-state index in [0.29, 0.717) is 19.4 Å². The highest BCUT2D eigenvalue weighted by atomic mass is 16.4. The first-order chi connectivity index (χ1) is 19.2. The van der Waals surface area contributed by atoms with E-state index in [2.05, 4.69) is 10.6 Å². The van der Waals surface area contributed by atoms with Crippen LogP contribution in [0.25, 0.3) is 0 Å². The Bertz CT molecular complexity index is 918. The largest absolute Gasteiger partial charge is 0.480 e. The SMILES string of the molecule is NCCCC[C@H](N)C(=O)C([C]=O)C[C@H](NC(=O)CCNC(=O)CCNC(=O)[C@@H](O)[C@H](O)[C@H](O)[C@@H](O)C(=O)O)C(=O)O. The molecule has 0 rings (SSSR count). The number of aliphatic carboxylic acids is 2. The number of hydrogen-bond acceptors (Lipinski definition) is 13. The van der Waals surface area contributed by atoms with Crippen molar-refractivity contribution >= 4 is 41.7 Å². The van der Waals surface area contributed by atoms with Crippen LogP contribution in [0.1, 0.15) is 38.5 Å². The fraction of sp³-hybridized carbons (Fsp3) is 0.696. The van der Waals surface area contributed by atoms with E-state index in [0.717, 1.165) is 0 Å². The zero-order chi connectivity index (χ0) is 31.7. The van der Waals surface area contributed by atoms with Gasteiger partial charge in [0.05, 0.1) is 12.0 Å². The molecule has 0 aromatic heterocycles. The van der Waals surface area contributed by atoms with Crippen molar-refractivity contribution < 1.29 is 64.2 Å². The number of ketones is 1. The molecule has 41 heavy (non-hydrogen) atoms. The highest BCUT2D eigenvalue weighted by Gasteiger charge is 2.37. The van der Waals surface area contributed by atoms with Gasteiger partial charge in [-0.1, -0.05) is 6.42 Å². The fourth-order valence-electron chi connectivity index (χ4n) is 3.34. The summed E-state index contributed by atoms with van der Waals surface area (Å²) >= 11 is 0. The van der Waals surface area contributed by atoms with E-state index in [9.17, 15) is 54.0 Å². The first kappa shape index (κ1) is 37.5. The molecule has 0 saturated heterocycles. The van der Waals surface area contributed by atoms with Gasteiger partial charge in [-0.05, 0) is 25.8 Å². The lowest BCUT2D eigenvalue weighted by Crippen LogP contribution is -2.52. The molecule has 233 valence electrons. The van der Waals surface area contributed by atoms with Gasteiger partial charge in [0.2, 0.25) is 18.1 Å². The highest BCUT2D eigenvalue weighted by Crippen LogP contribution is 2.12. The van der Waals surface area contributed by atoms with Crippen LogP contribution < -0.4 is 27.4 Å². The van der Waals surface area contributed by atoms with Crippen LogP contribution in [0.15, 0.2) is 0 Å². The molecule has 13 N–H and O–H groups in total. The molecule has 0 aromatic rings. The molecule has 0 aliphatic heterocycles. The van der Waals surface area contributed by atoms with Crippen molar-refractivity contribution in [2.24, 2.45) is 17.4 Å². The Balaban J connectivity index is 4.59. The van der Waals surface area contributed by atoms with E-state index in [4.69, 9.17) is 21.7 Å². The van der Waals surface area contributed by atoms with Gasteiger partial charge in [0.1, 0.15) is 18.2 Å². The Morgan fingerprint density at radius 2 is 1.34 bits per heavy atom. The summed E-state index contributed by atoms with van der Waals surface area (Å²) in [4.78, 5) is 81.6. The number of carbonyl (C=O) groups is 6. The second kappa shape index (κ2) is 19.5. The number of aliphatic hydroxyl groups is 4. The number of Topliss-reactive ketones (excluding diaryl/α,β-unsaturated/α-hetero) is 1. The topological polar surface area (TPSA) is 329 Å². The van der Waals surface area contributed by atoms with Crippen molar-refractivity contribution in [3.05, 3.63) is 0 Å². The summed E-state index contributed by atoms with van der Waals surface area (Å²) in [6.45, 7) is -0.260. The predicted molar refractivity (Wildman–Crippen MR) is 136 cm³/mol. The van der Waals surface area contributed by atoms with Crippen molar-refractivity contribution in [2.75, 3.05) is 19.6 Å². The van der Waals surface area contributed by atoms with Gasteiger partial charge in [0, 0.05) is 25.9 Å². The molecule has 0 spiro atoms. The zero-order valence-electron chi connectivity index (χ0n) is 22.1. The number of amides is 3. The van der Waals surface area contributed by atoms with Crippen LogP contribution in [0.3, 0.4) is 0 Å². The van der Waals surface area contributed by atoms with Crippen LogP contribution in [0.4, 0.5) is 0 Å². The average molecular weight is 593 g/mol. The maximum Gasteiger partial charge on any atom is 0.335 e. The first-order valence-corrected chi connectivity index (χ1v) is 12.6. The van der Waals surface area contributed by atoms with Gasteiger partial charge in [-0.15, -0.1) is 0 Å². The standard InChI is InChI=1S/C23H38N5O13/c24-6-2-1-3-12(25)16(32)11(10-29)9-13(22(38)39)28-15(31)5-7-26-14(30)4-8-27-21(37)19(35)17(33)18(34)20(36)23(40)41/h11-13,17-20,33-36H,1-9,24-25H2,(H,26,30)(H,27,37)(H,28,31)(H,38,39)(H,40,41)/t11?,12-,13-,17+,18-,19-,20+/m0/s1. The third kappa shape index (κ3) is 14.1. The number of carboxylic acids is 2. The van der Waals surface area contributed by atoms with E-state index in [-0.39, 0.29) is 25.9 Å². The summed E-state index contributed by atoms with van der Waals surface area (Å²) in [6.07, 6.45) is -8.03. The van der Waals surface area contributed by atoms with Gasteiger partial charge in [-0.2, -0.15) is 0 Å². The third-order valence-electron chi connectivity index (χ3n) is 5.77. The minimum absolute atomic E-state index is 0.240. The van der Waals surface area contributed by atoms with E-state index >= 15 is 0 Å². The lowest BCUT2D eigenvalue weighted by Gasteiger charge is -2.23. The van der Waals surface area contributed by atoms with Crippen LogP contribution >= 0.6 is 0 Å². The first-order valence-electron chi connectivity index (χ1n) is 12.6. The Morgan fingerprint density at radius 3 is 1.88 bits per heavy atom. The summed E-state index contributed by atoms with van der Waals surface area (Å²) in [5, 5.41) is 62.4. The van der Waals surface area contributed by atoms with E-state index in [1.165, 1.54) is 6.29 Å². The fourth-order valence-corrected chi connectivity index (χ4v) is 3.34. The molecule has 1 radical (unpaired) electrons. The van der Waals surface area contributed by atoms with E-state index < -0.39 is 90.7 Å². The molecule has 0 aliphatic rings. The number of hydrogen-bond donors (Lipinski definition) is 11. The summed E-state index contributed by atoms with van der Waals surface area (Å²) in [5.74, 6) is -8.40. The number of rotatable bonds is 22. The summed E-state index contributed by atoms with van der Waals surface area (Å²) in [5.41, 5.74) is 11.1. The predicted octanol–water partition coefficient (Wildman–Crippen LogP) is -5.76. The Labute approximate surface area is 234 Å². The second-order valence-corrected chi connectivity index (χ2v) is 9.01. The molecule has 0 aromatic carbocycles. The quantitative estimate of drug-likeness (QED) is 0.0412. The zero-order valence-corrected chi connectivity index (χ0v) is 22.1. The molecular formula is C23H38N5O13. The minimum atomic E-state index is -2.47. The van der Waals surface area contributed by atoms with Crippen LogP contribution in [-0.2, 0) is 33.6 Å². The molecule has 0 heterocycles. The average Bonchev–Trinajstić information content (AvgIpc) is 2.92. The molecule has 0 aliphatic carbocycles. The van der Waals surface area contributed by atoms with Gasteiger partial charge < -0.3 is 58.1 Å². The second-order valence-electron chi connectivity index (χ2n) is 9.01. The van der Waals surface area contributed by atoms with E-state index in [1.807, 2.05) is 5.32 Å². The molecular weight excluding hydrogens is 554 g/mol. The van der Waals surface area contributed by atoms with E-state index in [1.54, 1.807) is 0 Å². The summed E-state index contributed by atoms with van der Waals surface area (Å²) in [6, 6.07) is -2.64. The monoisotopic (exact) mass is 592 g/mol. The highest BCUT2D eigenvalue weighted by molar-refractivity contribution is 5.97. The Morgan fingerprint density at radius 1 is 0.780 bits per heavy atom. The molecule has 3 amide bonds. The smallest absolute Gasteiger partial charge is 0.335 e. The number of aliphatic hydroxyl groups excluding tert-OH is 4. The van der Waals surface area contributed by atoms with Crippen LogP contribution in [0, 0.1) is 5.92 Å². The number of carboxylic acid groups (broad SMARTS) is 2. The summed E-state index contributed by atoms with van der Waals surface area (Å²) in [7, 11) is 0. The molecule has 1 unspecified atom stereocenters. The summed E-state index contributed by atoms with van der Waals surface area (Å²) < 4.78 is 0. The van der Waals surface area contributed by atoms with Gasteiger partial charge in [-0.3, -0.25) is 24.0 Å². The lowest BCUT2D eigenvalue weighted by molar-refractivity contribution is -0.166. The molecule has 0 bridgehead atoms.